The molecule has 142 valence electrons. The number of primary amides is 1. The maximum Gasteiger partial charge on any atom is 0.514 e. The molecule has 9 heteroatoms. The van der Waals surface area contributed by atoms with E-state index < -0.39 is 17.0 Å². The number of nitrogens with two attached hydrogens (primary N) is 1. The van der Waals surface area contributed by atoms with E-state index in [1.54, 1.807) is 0 Å². The van der Waals surface area contributed by atoms with Crippen LogP contribution in [-0.2, 0) is 9.53 Å². The van der Waals surface area contributed by atoms with Crippen LogP contribution in [0, 0.1) is 16.0 Å². The van der Waals surface area contributed by atoms with Crippen LogP contribution in [0.1, 0.15) is 32.1 Å². The standard InChI is InChI=1S/C18H19N3O6/c19-17(22)12-2-8-16(20-10-12)11-1-5-15(9-11)27-18(23)26-14-6-3-13(4-7-14)21(24)25/h3-4,6-7,10-11,15H,1-2,5,8-9H2,(H2,19,22). The lowest BCUT2D eigenvalue weighted by Gasteiger charge is -2.17. The van der Waals surface area contributed by atoms with Gasteiger partial charge in [-0.15, -0.1) is 0 Å². The third-order valence-electron chi connectivity index (χ3n) is 4.72. The fraction of sp³-hybridized carbons (Fsp3) is 0.389. The average molecular weight is 373 g/mol. The van der Waals surface area contributed by atoms with E-state index in [0.29, 0.717) is 31.3 Å². The number of nitro benzene ring substituents is 1. The van der Waals surface area contributed by atoms with Crippen molar-refractivity contribution in [1.82, 2.24) is 0 Å². The van der Waals surface area contributed by atoms with E-state index in [2.05, 4.69) is 4.99 Å². The number of hydrogen-bond donors (Lipinski definition) is 1. The van der Waals surface area contributed by atoms with Crippen LogP contribution >= 0.6 is 0 Å². The van der Waals surface area contributed by atoms with Gasteiger partial charge < -0.3 is 15.2 Å². The lowest BCUT2D eigenvalue weighted by molar-refractivity contribution is -0.384. The summed E-state index contributed by atoms with van der Waals surface area (Å²) in [4.78, 5) is 37.5. The van der Waals surface area contributed by atoms with Gasteiger partial charge in [0.1, 0.15) is 11.9 Å². The van der Waals surface area contributed by atoms with Crippen molar-refractivity contribution in [1.29, 1.82) is 0 Å². The zero-order chi connectivity index (χ0) is 19.4. The summed E-state index contributed by atoms with van der Waals surface area (Å²) in [5.41, 5.74) is 6.68. The molecule has 1 aliphatic heterocycles. The number of carbonyl (C=O) groups is 2. The zero-order valence-corrected chi connectivity index (χ0v) is 14.5. The van der Waals surface area contributed by atoms with Crippen LogP contribution in [-0.4, -0.2) is 28.8 Å². The van der Waals surface area contributed by atoms with E-state index in [-0.39, 0.29) is 23.5 Å². The number of non-ortho nitro benzene ring substituents is 1. The molecule has 1 aromatic rings. The molecule has 27 heavy (non-hydrogen) atoms. The van der Waals surface area contributed by atoms with Gasteiger partial charge in [0.2, 0.25) is 5.91 Å². The average Bonchev–Trinajstić information content (AvgIpc) is 3.10. The van der Waals surface area contributed by atoms with Gasteiger partial charge in [0, 0.05) is 35.5 Å². The van der Waals surface area contributed by atoms with Gasteiger partial charge in [-0.2, -0.15) is 0 Å². The second kappa shape index (κ2) is 7.98. The first-order chi connectivity index (χ1) is 12.9. The minimum atomic E-state index is -0.837. The van der Waals surface area contributed by atoms with Gasteiger partial charge in [0.15, 0.2) is 0 Å². The molecule has 0 aromatic heterocycles. The van der Waals surface area contributed by atoms with Gasteiger partial charge in [-0.1, -0.05) is 0 Å². The van der Waals surface area contributed by atoms with Crippen molar-refractivity contribution in [3.63, 3.8) is 0 Å². The Morgan fingerprint density at radius 2 is 1.93 bits per heavy atom. The van der Waals surface area contributed by atoms with Gasteiger partial charge in [-0.25, -0.2) is 4.79 Å². The summed E-state index contributed by atoms with van der Waals surface area (Å²) in [5, 5.41) is 10.6. The summed E-state index contributed by atoms with van der Waals surface area (Å²) in [7, 11) is 0. The second-order valence-electron chi connectivity index (χ2n) is 6.49. The van der Waals surface area contributed by atoms with E-state index in [1.807, 2.05) is 0 Å². The van der Waals surface area contributed by atoms with Crippen molar-refractivity contribution in [3.8, 4) is 5.75 Å². The SMILES string of the molecule is NC(=O)C1=CN=C(C2CCC(OC(=O)Oc3ccc([N+](=O)[O-])cc3)C2)CC1. The van der Waals surface area contributed by atoms with Crippen LogP contribution in [0.4, 0.5) is 10.5 Å². The second-order valence-corrected chi connectivity index (χ2v) is 6.49. The molecule has 1 fully saturated rings. The molecule has 2 atom stereocenters. The molecule has 0 saturated heterocycles. The van der Waals surface area contributed by atoms with Crippen molar-refractivity contribution in [2.75, 3.05) is 0 Å². The highest BCUT2D eigenvalue weighted by Gasteiger charge is 2.32. The topological polar surface area (TPSA) is 134 Å². The number of aliphatic imine (C=N–C) groups is 1. The first kappa shape index (κ1) is 18.6. The molecule has 3 rings (SSSR count). The number of ether oxygens (including phenoxy) is 2. The molecule has 1 amide bonds. The number of carbonyl (C=O) groups excluding carboxylic acids is 2. The molecule has 0 bridgehead atoms. The Labute approximate surface area is 155 Å². The first-order valence-corrected chi connectivity index (χ1v) is 8.60. The van der Waals surface area contributed by atoms with Crippen LogP contribution < -0.4 is 10.5 Å². The Morgan fingerprint density at radius 3 is 2.52 bits per heavy atom. The molecule has 1 aliphatic carbocycles. The summed E-state index contributed by atoms with van der Waals surface area (Å²) in [6.45, 7) is 0. The number of hydrogen-bond acceptors (Lipinski definition) is 7. The smallest absolute Gasteiger partial charge is 0.431 e. The molecule has 2 N–H and O–H groups in total. The van der Waals surface area contributed by atoms with Gasteiger partial charge >= 0.3 is 6.16 Å². The van der Waals surface area contributed by atoms with Crippen LogP contribution in [0.3, 0.4) is 0 Å². The van der Waals surface area contributed by atoms with E-state index >= 15 is 0 Å². The number of nitro groups is 1. The minimum Gasteiger partial charge on any atom is -0.431 e. The van der Waals surface area contributed by atoms with Gasteiger partial charge in [-0.05, 0) is 44.2 Å². The number of amides is 1. The van der Waals surface area contributed by atoms with E-state index in [0.717, 1.165) is 12.1 Å². The van der Waals surface area contributed by atoms with Crippen LogP contribution in [0.5, 0.6) is 5.75 Å². The van der Waals surface area contributed by atoms with Gasteiger partial charge in [-0.3, -0.25) is 19.9 Å². The van der Waals surface area contributed by atoms with Crippen molar-refractivity contribution < 1.29 is 24.0 Å². The summed E-state index contributed by atoms with van der Waals surface area (Å²) >= 11 is 0. The largest absolute Gasteiger partial charge is 0.514 e. The molecular formula is C18H19N3O6. The molecule has 2 aliphatic rings. The monoisotopic (exact) mass is 373 g/mol. The third-order valence-corrected chi connectivity index (χ3v) is 4.72. The van der Waals surface area contributed by atoms with E-state index in [4.69, 9.17) is 15.2 Å². The highest BCUT2D eigenvalue weighted by Crippen LogP contribution is 2.32. The van der Waals surface area contributed by atoms with Crippen LogP contribution in [0.15, 0.2) is 41.0 Å². The summed E-state index contributed by atoms with van der Waals surface area (Å²) in [5.74, 6) is -0.0619. The number of nitrogens with zero attached hydrogens (tertiary/aromatic N) is 2. The molecule has 0 spiro atoms. The number of rotatable bonds is 5. The number of benzene rings is 1. The van der Waals surface area contributed by atoms with Gasteiger partial charge in [0.25, 0.3) is 5.69 Å². The highest BCUT2D eigenvalue weighted by molar-refractivity contribution is 5.96. The molecule has 1 heterocycles. The molecular weight excluding hydrogens is 354 g/mol. The Hall–Kier alpha value is -3.23. The van der Waals surface area contributed by atoms with E-state index in [9.17, 15) is 19.7 Å². The van der Waals surface area contributed by atoms with E-state index in [1.165, 1.54) is 30.5 Å². The predicted molar refractivity (Wildman–Crippen MR) is 95.3 cm³/mol. The Bertz CT molecular complexity index is 815. The van der Waals surface area contributed by atoms with Crippen molar-refractivity contribution in [2.45, 2.75) is 38.2 Å². The van der Waals surface area contributed by atoms with Gasteiger partial charge in [0.05, 0.1) is 4.92 Å². The van der Waals surface area contributed by atoms with Crippen LogP contribution in [0.2, 0.25) is 0 Å². The summed E-state index contributed by atoms with van der Waals surface area (Å²) in [6, 6.07) is 5.19. The third kappa shape index (κ3) is 4.69. The fourth-order valence-corrected chi connectivity index (χ4v) is 3.29. The minimum absolute atomic E-state index is 0.0869. The molecule has 2 unspecified atom stereocenters. The fourth-order valence-electron chi connectivity index (χ4n) is 3.29. The Kier molecular flexibility index (Phi) is 5.49. The Morgan fingerprint density at radius 1 is 1.19 bits per heavy atom. The summed E-state index contributed by atoms with van der Waals surface area (Å²) < 4.78 is 10.4. The maximum atomic E-state index is 11.9. The lowest BCUT2D eigenvalue weighted by atomic mass is 9.94. The summed E-state index contributed by atoms with van der Waals surface area (Å²) in [6.07, 6.45) is 3.87. The maximum absolute atomic E-state index is 11.9. The van der Waals surface area contributed by atoms with Crippen LogP contribution in [0.25, 0.3) is 0 Å². The van der Waals surface area contributed by atoms with Crippen molar-refractivity contribution in [3.05, 3.63) is 46.2 Å². The quantitative estimate of drug-likeness (QED) is 0.365. The first-order valence-electron chi connectivity index (χ1n) is 8.60. The van der Waals surface area contributed by atoms with Crippen molar-refractivity contribution in [2.24, 2.45) is 16.6 Å². The predicted octanol–water partition coefficient (Wildman–Crippen LogP) is 2.88. The normalized spacial score (nSPS) is 21.8. The molecule has 0 radical (unpaired) electrons. The Balaban J connectivity index is 1.50. The van der Waals surface area contributed by atoms with Crippen molar-refractivity contribution >= 4 is 23.5 Å². The lowest BCUT2D eigenvalue weighted by Crippen LogP contribution is -2.22. The molecule has 1 saturated carbocycles. The molecule has 9 nitrogen and oxygen atoms in total. The molecule has 1 aromatic carbocycles. The zero-order valence-electron chi connectivity index (χ0n) is 14.5. The highest BCUT2D eigenvalue weighted by atomic mass is 16.7.